The Balaban J connectivity index is 0.00000289. The van der Waals surface area contributed by atoms with Crippen LogP contribution in [0.3, 0.4) is 0 Å². The molecule has 0 spiro atoms. The summed E-state index contributed by atoms with van der Waals surface area (Å²) in [4.78, 5) is 19.2. The van der Waals surface area contributed by atoms with Gasteiger partial charge in [-0.3, -0.25) is 14.7 Å². The third-order valence-electron chi connectivity index (χ3n) is 6.52. The number of aliphatic hydroxyl groups excluding tert-OH is 1. The van der Waals surface area contributed by atoms with Crippen LogP contribution >= 0.6 is 12.4 Å². The Kier molecular flexibility index (Phi) is 8.12. The summed E-state index contributed by atoms with van der Waals surface area (Å²) in [5, 5.41) is 15.0. The van der Waals surface area contributed by atoms with Crippen LogP contribution in [0.2, 0.25) is 0 Å². The van der Waals surface area contributed by atoms with E-state index in [9.17, 15) is 9.90 Å². The van der Waals surface area contributed by atoms with Crippen molar-refractivity contribution in [3.05, 3.63) is 58.6 Å². The molecule has 2 N–H and O–H groups in total. The summed E-state index contributed by atoms with van der Waals surface area (Å²) in [6.07, 6.45) is 1.28. The molecule has 5 rings (SSSR count). The number of benzene rings is 1. The van der Waals surface area contributed by atoms with E-state index in [1.165, 1.54) is 0 Å². The summed E-state index contributed by atoms with van der Waals surface area (Å²) in [6.45, 7) is 4.97. The molecule has 0 radical (unpaired) electrons. The highest BCUT2D eigenvalue weighted by Crippen LogP contribution is 2.29. The average Bonchev–Trinajstić information content (AvgIpc) is 3.22. The number of pyridine rings is 2. The van der Waals surface area contributed by atoms with Gasteiger partial charge < -0.3 is 29.2 Å². The van der Waals surface area contributed by atoms with E-state index in [0.717, 1.165) is 34.6 Å². The second-order valence-corrected chi connectivity index (χ2v) is 8.79. The lowest BCUT2D eigenvalue weighted by Gasteiger charge is -2.19. The first-order valence-electron chi connectivity index (χ1n) is 11.6. The van der Waals surface area contributed by atoms with Crippen LogP contribution < -0.4 is 25.1 Å². The van der Waals surface area contributed by atoms with Crippen LogP contribution in [-0.2, 0) is 13.1 Å². The van der Waals surface area contributed by atoms with Gasteiger partial charge in [-0.25, -0.2) is 0 Å². The quantitative estimate of drug-likeness (QED) is 0.480. The molecule has 1 saturated heterocycles. The Labute approximate surface area is 210 Å². The van der Waals surface area contributed by atoms with E-state index in [4.69, 9.17) is 14.2 Å². The lowest BCUT2D eigenvalue weighted by atomic mass is 10.1. The number of hydrogen-bond donors (Lipinski definition) is 2. The summed E-state index contributed by atoms with van der Waals surface area (Å²) < 4.78 is 18.2. The molecule has 1 fully saturated rings. The fourth-order valence-electron chi connectivity index (χ4n) is 4.66. The molecule has 0 bridgehead atoms. The SMILES string of the molecule is COc1ccc2ccc(=O)n(CCN3C[C@H](CNCc4cc5c(cn4)OCCO5)[C@H](O)C3)c2c1.Cl. The van der Waals surface area contributed by atoms with Gasteiger partial charge in [0.05, 0.1) is 30.6 Å². The Bertz CT molecular complexity index is 1220. The molecule has 35 heavy (non-hydrogen) atoms. The minimum absolute atomic E-state index is 0. The number of aromatic nitrogens is 2. The smallest absolute Gasteiger partial charge is 0.251 e. The van der Waals surface area contributed by atoms with Crippen molar-refractivity contribution < 1.29 is 19.3 Å². The van der Waals surface area contributed by atoms with Crippen LogP contribution in [0, 0.1) is 5.92 Å². The molecule has 4 heterocycles. The fraction of sp³-hybridized carbons (Fsp3) is 0.440. The van der Waals surface area contributed by atoms with Gasteiger partial charge in [0.25, 0.3) is 5.56 Å². The van der Waals surface area contributed by atoms with Crippen molar-refractivity contribution in [1.82, 2.24) is 19.8 Å². The first-order chi connectivity index (χ1) is 16.6. The van der Waals surface area contributed by atoms with E-state index in [1.54, 1.807) is 23.9 Å². The van der Waals surface area contributed by atoms with Crippen molar-refractivity contribution in [2.24, 2.45) is 5.92 Å². The average molecular weight is 503 g/mol. The zero-order chi connectivity index (χ0) is 23.5. The molecule has 2 aliphatic heterocycles. The number of nitrogens with zero attached hydrogens (tertiary/aromatic N) is 3. The maximum Gasteiger partial charge on any atom is 0.251 e. The number of halogens is 1. The predicted octanol–water partition coefficient (Wildman–Crippen LogP) is 1.68. The van der Waals surface area contributed by atoms with E-state index in [0.29, 0.717) is 51.7 Å². The Hall–Kier alpha value is -2.85. The summed E-state index contributed by atoms with van der Waals surface area (Å²) in [5.74, 6) is 2.25. The third-order valence-corrected chi connectivity index (χ3v) is 6.52. The van der Waals surface area contributed by atoms with E-state index in [2.05, 4.69) is 15.2 Å². The van der Waals surface area contributed by atoms with E-state index in [1.807, 2.05) is 30.3 Å². The lowest BCUT2D eigenvalue weighted by molar-refractivity contribution is 0.140. The van der Waals surface area contributed by atoms with Crippen molar-refractivity contribution in [3.63, 3.8) is 0 Å². The van der Waals surface area contributed by atoms with Gasteiger partial charge in [-0.15, -0.1) is 12.4 Å². The predicted molar refractivity (Wildman–Crippen MR) is 135 cm³/mol. The number of aliphatic hydroxyl groups is 1. The second-order valence-electron chi connectivity index (χ2n) is 8.79. The monoisotopic (exact) mass is 502 g/mol. The first kappa shape index (κ1) is 25.2. The van der Waals surface area contributed by atoms with E-state index >= 15 is 0 Å². The maximum absolute atomic E-state index is 12.6. The number of hydrogen-bond acceptors (Lipinski definition) is 8. The highest BCUT2D eigenvalue weighted by molar-refractivity contribution is 5.85. The van der Waals surface area contributed by atoms with E-state index < -0.39 is 6.10 Å². The molecule has 2 aliphatic rings. The number of rotatable bonds is 8. The molecule has 1 aromatic carbocycles. The van der Waals surface area contributed by atoms with Crippen LogP contribution in [0.1, 0.15) is 5.69 Å². The van der Waals surface area contributed by atoms with Gasteiger partial charge >= 0.3 is 0 Å². The van der Waals surface area contributed by atoms with Gasteiger partial charge in [-0.05, 0) is 23.6 Å². The highest BCUT2D eigenvalue weighted by atomic mass is 35.5. The molecule has 188 valence electrons. The number of nitrogens with one attached hydrogen (secondary N) is 1. The van der Waals surface area contributed by atoms with Crippen LogP contribution in [0.25, 0.3) is 10.9 Å². The van der Waals surface area contributed by atoms with Crippen molar-refractivity contribution in [3.8, 4) is 17.2 Å². The van der Waals surface area contributed by atoms with Gasteiger partial charge in [-0.2, -0.15) is 0 Å². The molecule has 2 atom stereocenters. The summed E-state index contributed by atoms with van der Waals surface area (Å²) in [6, 6.07) is 11.1. The molecule has 3 aromatic rings. The molecule has 0 saturated carbocycles. The summed E-state index contributed by atoms with van der Waals surface area (Å²) >= 11 is 0. The molecule has 10 heteroatoms. The molecule has 0 unspecified atom stereocenters. The largest absolute Gasteiger partial charge is 0.497 e. The van der Waals surface area contributed by atoms with Crippen LogP contribution in [0.15, 0.2) is 47.4 Å². The number of fused-ring (bicyclic) bond motifs is 2. The van der Waals surface area contributed by atoms with Crippen molar-refractivity contribution in [2.45, 2.75) is 19.2 Å². The number of ether oxygens (including phenoxy) is 3. The standard InChI is InChI=1S/C25H30N4O5.ClH/c1-32-20-4-2-17-3-5-25(31)29(21(17)11-20)7-6-28-15-18(22(30)16-28)12-26-13-19-10-23-24(14-27-19)34-9-8-33-23;/h2-5,10-11,14,18,22,26,30H,6-9,12-13,15-16H2,1H3;1H/t18-,22+;/m0./s1. The summed E-state index contributed by atoms with van der Waals surface area (Å²) in [5.41, 5.74) is 1.70. The van der Waals surface area contributed by atoms with Gasteiger partial charge in [0.2, 0.25) is 0 Å². The second kappa shape index (κ2) is 11.3. The minimum Gasteiger partial charge on any atom is -0.497 e. The van der Waals surface area contributed by atoms with Gasteiger partial charge in [-0.1, -0.05) is 0 Å². The Morgan fingerprint density at radius 1 is 1.11 bits per heavy atom. The van der Waals surface area contributed by atoms with Crippen LogP contribution in [0.4, 0.5) is 0 Å². The van der Waals surface area contributed by atoms with Gasteiger partial charge in [0.15, 0.2) is 11.5 Å². The molecule has 0 amide bonds. The Morgan fingerprint density at radius 3 is 2.74 bits per heavy atom. The zero-order valence-electron chi connectivity index (χ0n) is 19.7. The molecular formula is C25H31ClN4O5. The molecular weight excluding hydrogens is 472 g/mol. The fourth-order valence-corrected chi connectivity index (χ4v) is 4.66. The van der Waals surface area contributed by atoms with E-state index in [-0.39, 0.29) is 23.9 Å². The van der Waals surface area contributed by atoms with Crippen molar-refractivity contribution >= 4 is 23.3 Å². The Morgan fingerprint density at radius 2 is 1.91 bits per heavy atom. The number of methoxy groups -OCH3 is 1. The van der Waals surface area contributed by atoms with Gasteiger partial charge in [0, 0.05) is 63.4 Å². The van der Waals surface area contributed by atoms with Crippen molar-refractivity contribution in [2.75, 3.05) is 46.5 Å². The number of likely N-dealkylation sites (tertiary alicyclic amines) is 1. The maximum atomic E-state index is 12.6. The molecule has 0 aliphatic carbocycles. The van der Waals surface area contributed by atoms with Crippen LogP contribution in [0.5, 0.6) is 17.2 Å². The zero-order valence-corrected chi connectivity index (χ0v) is 20.5. The minimum atomic E-state index is -0.412. The third kappa shape index (κ3) is 5.70. The normalized spacial score (nSPS) is 19.5. The molecule has 2 aromatic heterocycles. The van der Waals surface area contributed by atoms with Crippen LogP contribution in [-0.4, -0.2) is 72.2 Å². The lowest BCUT2D eigenvalue weighted by Crippen LogP contribution is -2.31. The van der Waals surface area contributed by atoms with Gasteiger partial charge in [0.1, 0.15) is 19.0 Å². The van der Waals surface area contributed by atoms with Crippen molar-refractivity contribution in [1.29, 1.82) is 0 Å². The topological polar surface area (TPSA) is 98.1 Å². The number of β-amino-alcohol motifs (C(OH)–C–C–N with tert-alkyl or cyclic N) is 1. The summed E-state index contributed by atoms with van der Waals surface area (Å²) in [7, 11) is 1.62. The highest BCUT2D eigenvalue weighted by Gasteiger charge is 2.30. The molecule has 9 nitrogen and oxygen atoms in total. The first-order valence-corrected chi connectivity index (χ1v) is 11.6.